The topological polar surface area (TPSA) is 97.5 Å². The number of rotatable bonds is 4. The van der Waals surface area contributed by atoms with Crippen molar-refractivity contribution in [3.05, 3.63) is 72.1 Å². The van der Waals surface area contributed by atoms with Gasteiger partial charge in [-0.15, -0.1) is 0 Å². The van der Waals surface area contributed by atoms with E-state index < -0.39 is 5.91 Å². The van der Waals surface area contributed by atoms with Crippen molar-refractivity contribution in [2.75, 3.05) is 11.1 Å². The SMILES string of the molecule is Cc1ccc(Oc2ccc(NC(=O)c3nccc(N)c3O)cc2)cc1. The van der Waals surface area contributed by atoms with Crippen LogP contribution < -0.4 is 15.8 Å². The zero-order valence-corrected chi connectivity index (χ0v) is 13.6. The number of hydrogen-bond acceptors (Lipinski definition) is 5. The van der Waals surface area contributed by atoms with Gasteiger partial charge in [0.05, 0.1) is 5.69 Å². The third-order valence-corrected chi connectivity index (χ3v) is 3.54. The normalized spacial score (nSPS) is 10.3. The average Bonchev–Trinajstić information content (AvgIpc) is 2.61. The quantitative estimate of drug-likeness (QED) is 0.675. The number of benzene rings is 2. The molecule has 25 heavy (non-hydrogen) atoms. The number of aryl methyl sites for hydroxylation is 1. The van der Waals surface area contributed by atoms with Gasteiger partial charge in [-0.05, 0) is 49.4 Å². The van der Waals surface area contributed by atoms with Crippen molar-refractivity contribution in [3.63, 3.8) is 0 Å². The number of nitrogens with two attached hydrogens (primary N) is 1. The molecule has 6 nitrogen and oxygen atoms in total. The van der Waals surface area contributed by atoms with Crippen molar-refractivity contribution in [2.45, 2.75) is 6.92 Å². The minimum atomic E-state index is -0.544. The molecule has 2 aromatic carbocycles. The Labute approximate surface area is 144 Å². The highest BCUT2D eigenvalue weighted by molar-refractivity contribution is 6.05. The van der Waals surface area contributed by atoms with Gasteiger partial charge in [0, 0.05) is 11.9 Å². The molecule has 0 saturated heterocycles. The number of amides is 1. The van der Waals surface area contributed by atoms with Gasteiger partial charge in [0.2, 0.25) is 0 Å². The van der Waals surface area contributed by atoms with Crippen LogP contribution in [-0.4, -0.2) is 16.0 Å². The standard InChI is InChI=1S/C19H17N3O3/c1-12-2-6-14(7-3-12)25-15-8-4-13(5-9-15)22-19(24)17-18(23)16(20)10-11-21-17/h2-11,23H,1H3,(H2,20,21)(H,22,24). The van der Waals surface area contributed by atoms with Crippen LogP contribution in [0.5, 0.6) is 17.2 Å². The molecule has 0 atom stereocenters. The van der Waals surface area contributed by atoms with Gasteiger partial charge in [-0.1, -0.05) is 17.7 Å². The maximum Gasteiger partial charge on any atom is 0.278 e. The zero-order chi connectivity index (χ0) is 17.8. The molecule has 0 aliphatic heterocycles. The molecular weight excluding hydrogens is 318 g/mol. The average molecular weight is 335 g/mol. The summed E-state index contributed by atoms with van der Waals surface area (Å²) in [5.41, 5.74) is 7.24. The molecule has 0 spiro atoms. The van der Waals surface area contributed by atoms with Crippen LogP contribution in [0.3, 0.4) is 0 Å². The number of nitrogens with zero attached hydrogens (tertiary/aromatic N) is 1. The second kappa shape index (κ2) is 6.92. The Kier molecular flexibility index (Phi) is 4.52. The maximum absolute atomic E-state index is 12.2. The molecule has 4 N–H and O–H groups in total. The number of nitrogens with one attached hydrogen (secondary N) is 1. The van der Waals surface area contributed by atoms with Crippen LogP contribution in [0.4, 0.5) is 11.4 Å². The Morgan fingerprint density at radius 1 is 1.04 bits per heavy atom. The lowest BCUT2D eigenvalue weighted by Gasteiger charge is -2.09. The summed E-state index contributed by atoms with van der Waals surface area (Å²) < 4.78 is 5.73. The van der Waals surface area contributed by atoms with E-state index in [0.29, 0.717) is 11.4 Å². The first-order valence-electron chi connectivity index (χ1n) is 7.62. The van der Waals surface area contributed by atoms with Crippen LogP contribution in [0, 0.1) is 6.92 Å². The number of carbonyl (C=O) groups excluding carboxylic acids is 1. The lowest BCUT2D eigenvalue weighted by molar-refractivity contribution is 0.101. The van der Waals surface area contributed by atoms with Crippen molar-refractivity contribution in [1.82, 2.24) is 4.98 Å². The van der Waals surface area contributed by atoms with E-state index in [2.05, 4.69) is 10.3 Å². The van der Waals surface area contributed by atoms with Gasteiger partial charge < -0.3 is 20.9 Å². The molecule has 0 fully saturated rings. The molecule has 6 heteroatoms. The van der Waals surface area contributed by atoms with Gasteiger partial charge in [0.1, 0.15) is 11.5 Å². The number of aromatic hydroxyl groups is 1. The van der Waals surface area contributed by atoms with Crippen molar-refractivity contribution in [1.29, 1.82) is 0 Å². The highest BCUT2D eigenvalue weighted by Gasteiger charge is 2.15. The van der Waals surface area contributed by atoms with E-state index in [1.54, 1.807) is 24.3 Å². The minimum Gasteiger partial charge on any atom is -0.504 e. The van der Waals surface area contributed by atoms with Crippen LogP contribution in [0.2, 0.25) is 0 Å². The number of nitrogen functional groups attached to an aromatic ring is 1. The van der Waals surface area contributed by atoms with Gasteiger partial charge in [-0.2, -0.15) is 0 Å². The second-order valence-corrected chi connectivity index (χ2v) is 5.49. The van der Waals surface area contributed by atoms with Gasteiger partial charge in [0.25, 0.3) is 5.91 Å². The molecule has 0 bridgehead atoms. The summed E-state index contributed by atoms with van der Waals surface area (Å²) in [6.07, 6.45) is 1.36. The fraction of sp³-hybridized carbons (Fsp3) is 0.0526. The second-order valence-electron chi connectivity index (χ2n) is 5.49. The summed E-state index contributed by atoms with van der Waals surface area (Å²) in [5, 5.41) is 12.5. The molecular formula is C19H17N3O3. The molecule has 0 radical (unpaired) electrons. The van der Waals surface area contributed by atoms with Crippen LogP contribution in [0.1, 0.15) is 16.1 Å². The van der Waals surface area contributed by atoms with Gasteiger partial charge in [-0.25, -0.2) is 4.98 Å². The third kappa shape index (κ3) is 3.87. The molecule has 0 aliphatic carbocycles. The molecule has 3 rings (SSSR count). The van der Waals surface area contributed by atoms with E-state index in [4.69, 9.17) is 10.5 Å². The summed E-state index contributed by atoms with van der Waals surface area (Å²) >= 11 is 0. The molecule has 3 aromatic rings. The third-order valence-electron chi connectivity index (χ3n) is 3.54. The first-order chi connectivity index (χ1) is 12.0. The number of aromatic nitrogens is 1. The lowest BCUT2D eigenvalue weighted by atomic mass is 10.2. The molecule has 126 valence electrons. The Morgan fingerprint density at radius 3 is 2.28 bits per heavy atom. The Bertz CT molecular complexity index is 891. The van der Waals surface area contributed by atoms with Crippen LogP contribution >= 0.6 is 0 Å². The number of carbonyl (C=O) groups is 1. The Morgan fingerprint density at radius 2 is 1.64 bits per heavy atom. The number of ether oxygens (including phenoxy) is 1. The van der Waals surface area contributed by atoms with E-state index in [-0.39, 0.29) is 17.1 Å². The van der Waals surface area contributed by atoms with Crippen molar-refractivity contribution in [2.24, 2.45) is 0 Å². The molecule has 0 unspecified atom stereocenters. The molecule has 1 amide bonds. The Hall–Kier alpha value is -3.54. The van der Waals surface area contributed by atoms with Crippen molar-refractivity contribution in [3.8, 4) is 17.2 Å². The number of hydrogen-bond donors (Lipinski definition) is 3. The summed E-state index contributed by atoms with van der Waals surface area (Å²) in [7, 11) is 0. The van der Waals surface area contributed by atoms with Crippen LogP contribution in [0.15, 0.2) is 60.8 Å². The number of anilines is 2. The lowest BCUT2D eigenvalue weighted by Crippen LogP contribution is -2.14. The van der Waals surface area contributed by atoms with Crippen molar-refractivity contribution < 1.29 is 14.6 Å². The maximum atomic E-state index is 12.2. The van der Waals surface area contributed by atoms with Gasteiger partial charge in [-0.3, -0.25) is 4.79 Å². The van der Waals surface area contributed by atoms with E-state index >= 15 is 0 Å². The summed E-state index contributed by atoms with van der Waals surface area (Å²) in [6, 6.07) is 16.0. The molecule has 1 heterocycles. The van der Waals surface area contributed by atoms with Crippen LogP contribution in [-0.2, 0) is 0 Å². The van der Waals surface area contributed by atoms with E-state index in [9.17, 15) is 9.90 Å². The fourth-order valence-corrected chi connectivity index (χ4v) is 2.17. The van der Waals surface area contributed by atoms with Crippen LogP contribution in [0.25, 0.3) is 0 Å². The molecule has 0 aliphatic rings. The van der Waals surface area contributed by atoms with Gasteiger partial charge >= 0.3 is 0 Å². The minimum absolute atomic E-state index is 0.0991. The first kappa shape index (κ1) is 16.3. The van der Waals surface area contributed by atoms with E-state index in [0.717, 1.165) is 11.3 Å². The smallest absolute Gasteiger partial charge is 0.278 e. The van der Waals surface area contributed by atoms with Crippen molar-refractivity contribution >= 4 is 17.3 Å². The highest BCUT2D eigenvalue weighted by Crippen LogP contribution is 2.25. The monoisotopic (exact) mass is 335 g/mol. The highest BCUT2D eigenvalue weighted by atomic mass is 16.5. The predicted molar refractivity (Wildman–Crippen MR) is 96.0 cm³/mol. The van der Waals surface area contributed by atoms with E-state index in [1.165, 1.54) is 12.3 Å². The molecule has 0 saturated carbocycles. The van der Waals surface area contributed by atoms with E-state index in [1.807, 2.05) is 31.2 Å². The summed E-state index contributed by atoms with van der Waals surface area (Å²) in [5.74, 6) is 0.499. The molecule has 1 aromatic heterocycles. The first-order valence-corrected chi connectivity index (χ1v) is 7.62. The summed E-state index contributed by atoms with van der Waals surface area (Å²) in [6.45, 7) is 2.01. The zero-order valence-electron chi connectivity index (χ0n) is 13.6. The summed E-state index contributed by atoms with van der Waals surface area (Å²) in [4.78, 5) is 16.0. The Balaban J connectivity index is 1.69. The number of pyridine rings is 1. The fourth-order valence-electron chi connectivity index (χ4n) is 2.17. The van der Waals surface area contributed by atoms with Gasteiger partial charge in [0.15, 0.2) is 11.4 Å². The predicted octanol–water partition coefficient (Wildman–Crippen LogP) is 3.72. The largest absolute Gasteiger partial charge is 0.504 e.